The van der Waals surface area contributed by atoms with Gasteiger partial charge in [-0.05, 0) is 30.9 Å². The Kier molecular flexibility index (Phi) is 6.70. The molecule has 0 saturated heterocycles. The number of carbonyl (C=O) groups excluding carboxylic acids is 1. The largest absolute Gasteiger partial charge is 0.352 e. The molecule has 17 heavy (non-hydrogen) atoms. The van der Waals surface area contributed by atoms with E-state index < -0.39 is 0 Å². The molecule has 0 aliphatic carbocycles. The van der Waals surface area contributed by atoms with Gasteiger partial charge in [0, 0.05) is 12.7 Å². The van der Waals surface area contributed by atoms with Crippen LogP contribution in [0.3, 0.4) is 0 Å². The van der Waals surface area contributed by atoms with E-state index in [0.29, 0.717) is 17.1 Å². The maximum Gasteiger partial charge on any atom is 0.252 e. The third kappa shape index (κ3) is 5.15. The van der Waals surface area contributed by atoms with Crippen molar-refractivity contribution < 1.29 is 4.79 Å². The number of unbranched alkanes of at least 4 members (excludes halogenated alkanes) is 1. The average Bonchev–Trinajstić information content (AvgIpc) is 2.32. The third-order valence-electron chi connectivity index (χ3n) is 2.13. The van der Waals surface area contributed by atoms with Crippen LogP contribution in [0.1, 0.15) is 23.2 Å². The highest BCUT2D eigenvalue weighted by atomic mass is 35.5. The second-order valence-electron chi connectivity index (χ2n) is 3.44. The van der Waals surface area contributed by atoms with Crippen molar-refractivity contribution >= 4 is 40.9 Å². The maximum atomic E-state index is 11.8. The van der Waals surface area contributed by atoms with Gasteiger partial charge in [0.05, 0.1) is 10.6 Å². The van der Waals surface area contributed by atoms with Crippen LogP contribution >= 0.6 is 35.0 Å². The first-order valence-electron chi connectivity index (χ1n) is 5.23. The van der Waals surface area contributed by atoms with E-state index in [4.69, 9.17) is 23.2 Å². The van der Waals surface area contributed by atoms with Crippen LogP contribution in [0.2, 0.25) is 10.2 Å². The molecule has 0 fully saturated rings. The number of aromatic nitrogens is 1. The van der Waals surface area contributed by atoms with Crippen LogP contribution in [0, 0.1) is 0 Å². The Morgan fingerprint density at radius 3 is 2.94 bits per heavy atom. The molecule has 0 saturated carbocycles. The predicted octanol–water partition coefficient (Wildman–Crippen LogP) is 3.26. The predicted molar refractivity (Wildman–Crippen MR) is 74.2 cm³/mol. The highest BCUT2D eigenvalue weighted by Crippen LogP contribution is 2.17. The molecule has 6 heteroatoms. The fraction of sp³-hybridized carbons (Fsp3) is 0.455. The first-order valence-corrected chi connectivity index (χ1v) is 7.38. The zero-order valence-corrected chi connectivity index (χ0v) is 11.8. The van der Waals surface area contributed by atoms with E-state index >= 15 is 0 Å². The zero-order valence-electron chi connectivity index (χ0n) is 9.50. The van der Waals surface area contributed by atoms with Gasteiger partial charge >= 0.3 is 0 Å². The molecule has 1 aromatic rings. The molecule has 94 valence electrons. The van der Waals surface area contributed by atoms with Gasteiger partial charge in [-0.1, -0.05) is 23.2 Å². The molecule has 0 aliphatic heterocycles. The van der Waals surface area contributed by atoms with Crippen LogP contribution in [0.5, 0.6) is 0 Å². The highest BCUT2D eigenvalue weighted by molar-refractivity contribution is 7.98. The van der Waals surface area contributed by atoms with E-state index in [9.17, 15) is 4.79 Å². The first-order chi connectivity index (χ1) is 8.15. The minimum atomic E-state index is -0.205. The molecular weight excluding hydrogens is 279 g/mol. The Balaban J connectivity index is 2.44. The van der Waals surface area contributed by atoms with Crippen LogP contribution < -0.4 is 5.32 Å². The Morgan fingerprint density at radius 2 is 2.24 bits per heavy atom. The Hall–Kier alpha value is -0.450. The normalized spacial score (nSPS) is 10.3. The third-order valence-corrected chi connectivity index (χ3v) is 3.33. The van der Waals surface area contributed by atoms with Crippen molar-refractivity contribution in [2.75, 3.05) is 18.6 Å². The van der Waals surface area contributed by atoms with Gasteiger partial charge in [-0.2, -0.15) is 11.8 Å². The molecule has 3 nitrogen and oxygen atoms in total. The van der Waals surface area contributed by atoms with Crippen molar-refractivity contribution in [1.29, 1.82) is 0 Å². The van der Waals surface area contributed by atoms with Gasteiger partial charge in [-0.3, -0.25) is 4.79 Å². The van der Waals surface area contributed by atoms with E-state index in [-0.39, 0.29) is 11.1 Å². The topological polar surface area (TPSA) is 42.0 Å². The van der Waals surface area contributed by atoms with Gasteiger partial charge in [0.2, 0.25) is 0 Å². The first kappa shape index (κ1) is 14.6. The summed E-state index contributed by atoms with van der Waals surface area (Å²) in [4.78, 5) is 15.6. The summed E-state index contributed by atoms with van der Waals surface area (Å²) < 4.78 is 0. The van der Waals surface area contributed by atoms with E-state index in [1.807, 2.05) is 0 Å². The minimum Gasteiger partial charge on any atom is -0.352 e. The molecule has 0 unspecified atom stereocenters. The molecule has 0 aromatic carbocycles. The number of rotatable bonds is 6. The van der Waals surface area contributed by atoms with Crippen molar-refractivity contribution in [3.63, 3.8) is 0 Å². The fourth-order valence-corrected chi connectivity index (χ4v) is 2.10. The second-order valence-corrected chi connectivity index (χ2v) is 5.22. The van der Waals surface area contributed by atoms with Gasteiger partial charge in [-0.15, -0.1) is 0 Å². The zero-order chi connectivity index (χ0) is 12.7. The fourth-order valence-electron chi connectivity index (χ4n) is 1.26. The summed E-state index contributed by atoms with van der Waals surface area (Å²) in [7, 11) is 0. The van der Waals surface area contributed by atoms with E-state index in [2.05, 4.69) is 16.6 Å². The molecule has 0 aliphatic rings. The number of carbonyl (C=O) groups is 1. The number of pyridine rings is 1. The number of nitrogens with zero attached hydrogens (tertiary/aromatic N) is 1. The summed E-state index contributed by atoms with van der Waals surface area (Å²) in [5.74, 6) is 0.904. The number of nitrogens with one attached hydrogen (secondary N) is 1. The van der Waals surface area contributed by atoms with Crippen LogP contribution in [0.4, 0.5) is 0 Å². The maximum absolute atomic E-state index is 11.8. The quantitative estimate of drug-likeness (QED) is 0.646. The number of halogens is 2. The van der Waals surface area contributed by atoms with Crippen LogP contribution in [-0.4, -0.2) is 29.4 Å². The minimum absolute atomic E-state index is 0.205. The lowest BCUT2D eigenvalue weighted by atomic mass is 10.2. The van der Waals surface area contributed by atoms with Crippen molar-refractivity contribution in [3.05, 3.63) is 28.0 Å². The lowest BCUT2D eigenvalue weighted by molar-refractivity contribution is 0.0953. The van der Waals surface area contributed by atoms with Crippen molar-refractivity contribution in [3.8, 4) is 0 Å². The smallest absolute Gasteiger partial charge is 0.252 e. The molecule has 0 bridgehead atoms. The van der Waals surface area contributed by atoms with E-state index in [0.717, 1.165) is 18.6 Å². The SMILES string of the molecule is CSCCCCNC(=O)c1cc(Cl)ncc1Cl. The summed E-state index contributed by atoms with van der Waals surface area (Å²) in [6, 6.07) is 1.47. The summed E-state index contributed by atoms with van der Waals surface area (Å²) in [6.07, 6.45) is 5.50. The lowest BCUT2D eigenvalue weighted by Gasteiger charge is -2.06. The molecule has 1 amide bonds. The van der Waals surface area contributed by atoms with Gasteiger partial charge in [-0.25, -0.2) is 4.98 Å². The second kappa shape index (κ2) is 7.80. The molecular formula is C11H14Cl2N2OS. The summed E-state index contributed by atoms with van der Waals surface area (Å²) in [6.45, 7) is 0.648. The molecule has 1 aromatic heterocycles. The molecule has 1 heterocycles. The van der Waals surface area contributed by atoms with Gasteiger partial charge in [0.25, 0.3) is 5.91 Å². The summed E-state index contributed by atoms with van der Waals surface area (Å²) in [5.41, 5.74) is 0.372. The van der Waals surface area contributed by atoms with Gasteiger partial charge in [0.1, 0.15) is 5.15 Å². The number of thioether (sulfide) groups is 1. The number of amides is 1. The Bertz CT molecular complexity index is 388. The molecule has 0 spiro atoms. The Morgan fingerprint density at radius 1 is 1.47 bits per heavy atom. The lowest BCUT2D eigenvalue weighted by Crippen LogP contribution is -2.24. The molecule has 1 rings (SSSR count). The highest BCUT2D eigenvalue weighted by Gasteiger charge is 2.10. The standard InChI is InChI=1S/C11H14Cl2N2OS/c1-17-5-3-2-4-14-11(16)8-6-10(13)15-7-9(8)12/h6-7H,2-5H2,1H3,(H,14,16). The van der Waals surface area contributed by atoms with Crippen molar-refractivity contribution in [1.82, 2.24) is 10.3 Å². The van der Waals surface area contributed by atoms with E-state index in [1.54, 1.807) is 11.8 Å². The summed E-state index contributed by atoms with van der Waals surface area (Å²) in [5, 5.41) is 3.39. The van der Waals surface area contributed by atoms with Gasteiger partial charge in [0.15, 0.2) is 0 Å². The monoisotopic (exact) mass is 292 g/mol. The van der Waals surface area contributed by atoms with Crippen LogP contribution in [-0.2, 0) is 0 Å². The average molecular weight is 293 g/mol. The van der Waals surface area contributed by atoms with Crippen LogP contribution in [0.15, 0.2) is 12.3 Å². The Labute approximate surface area is 115 Å². The van der Waals surface area contributed by atoms with Gasteiger partial charge < -0.3 is 5.32 Å². The number of hydrogen-bond donors (Lipinski definition) is 1. The van der Waals surface area contributed by atoms with Crippen molar-refractivity contribution in [2.45, 2.75) is 12.8 Å². The molecule has 0 radical (unpaired) electrons. The molecule has 1 N–H and O–H groups in total. The van der Waals surface area contributed by atoms with Crippen LogP contribution in [0.25, 0.3) is 0 Å². The number of hydrogen-bond acceptors (Lipinski definition) is 3. The molecule has 0 atom stereocenters. The summed E-state index contributed by atoms with van der Waals surface area (Å²) >= 11 is 13.4. The van der Waals surface area contributed by atoms with Crippen molar-refractivity contribution in [2.24, 2.45) is 0 Å². The van der Waals surface area contributed by atoms with E-state index in [1.165, 1.54) is 12.3 Å².